The first-order valence-electron chi connectivity index (χ1n) is 5.12. The smallest absolute Gasteiger partial charge is 0.345 e. The van der Waals surface area contributed by atoms with E-state index in [1.807, 2.05) is 6.92 Å². The lowest BCUT2D eigenvalue weighted by Crippen LogP contribution is -2.10. The number of carbonyl (C=O) groups excluding carboxylic acids is 1. The molecular formula is C12H10N2O3S. The first-order chi connectivity index (χ1) is 8.56. The van der Waals surface area contributed by atoms with Gasteiger partial charge in [0.05, 0.1) is 16.8 Å². The molecular weight excluding hydrogens is 252 g/mol. The molecule has 0 aliphatic rings. The number of amides is 1. The zero-order chi connectivity index (χ0) is 13.1. The largest absolute Gasteiger partial charge is 0.477 e. The quantitative estimate of drug-likeness (QED) is 0.890. The number of carboxylic acid groups (broad SMARTS) is 1. The molecule has 2 N–H and O–H groups in total. The summed E-state index contributed by atoms with van der Waals surface area (Å²) < 4.78 is 0. The number of nitrogens with zero attached hydrogens (tertiary/aromatic N) is 1. The monoisotopic (exact) mass is 262 g/mol. The van der Waals surface area contributed by atoms with Gasteiger partial charge in [0.1, 0.15) is 4.88 Å². The van der Waals surface area contributed by atoms with Crippen molar-refractivity contribution in [2.75, 3.05) is 5.32 Å². The number of hydrogen-bond donors (Lipinski definition) is 2. The molecule has 0 unspecified atom stereocenters. The van der Waals surface area contributed by atoms with Crippen molar-refractivity contribution in [3.63, 3.8) is 0 Å². The van der Waals surface area contributed by atoms with Crippen molar-refractivity contribution in [1.29, 1.82) is 0 Å². The summed E-state index contributed by atoms with van der Waals surface area (Å²) in [7, 11) is 0. The normalized spacial score (nSPS) is 10.1. The summed E-state index contributed by atoms with van der Waals surface area (Å²) in [5.41, 5.74) is 1.52. The van der Waals surface area contributed by atoms with Crippen LogP contribution in [-0.2, 0) is 0 Å². The van der Waals surface area contributed by atoms with Gasteiger partial charge in [-0.15, -0.1) is 11.3 Å². The minimum Gasteiger partial charge on any atom is -0.477 e. The maximum atomic E-state index is 11.8. The Morgan fingerprint density at radius 3 is 2.61 bits per heavy atom. The number of rotatable bonds is 3. The highest BCUT2D eigenvalue weighted by molar-refractivity contribution is 7.15. The highest BCUT2D eigenvalue weighted by Crippen LogP contribution is 2.18. The second-order valence-corrected chi connectivity index (χ2v) is 4.76. The van der Waals surface area contributed by atoms with Crippen LogP contribution in [0.15, 0.2) is 30.6 Å². The first-order valence-corrected chi connectivity index (χ1v) is 5.94. The standard InChI is InChI=1S/C12H10N2O3S/c1-7-4-8(6-13-5-7)14-11(15)9-2-3-10(18-9)12(16)17/h2-6H,1H3,(H,14,15)(H,16,17). The number of aromatic carboxylic acids is 1. The van der Waals surface area contributed by atoms with Crippen LogP contribution < -0.4 is 5.32 Å². The molecule has 18 heavy (non-hydrogen) atoms. The molecule has 0 saturated carbocycles. The van der Waals surface area contributed by atoms with E-state index >= 15 is 0 Å². The van der Waals surface area contributed by atoms with Crippen LogP contribution in [0.1, 0.15) is 24.9 Å². The molecule has 1 amide bonds. The average Bonchev–Trinajstić information content (AvgIpc) is 2.78. The van der Waals surface area contributed by atoms with E-state index in [9.17, 15) is 9.59 Å². The summed E-state index contributed by atoms with van der Waals surface area (Å²) >= 11 is 0.941. The Balaban J connectivity index is 2.14. The topological polar surface area (TPSA) is 79.3 Å². The summed E-state index contributed by atoms with van der Waals surface area (Å²) in [4.78, 5) is 27.0. The van der Waals surface area contributed by atoms with Crippen LogP contribution in [0.25, 0.3) is 0 Å². The summed E-state index contributed by atoms with van der Waals surface area (Å²) in [6.07, 6.45) is 3.22. The zero-order valence-electron chi connectivity index (χ0n) is 9.51. The molecule has 0 aliphatic carbocycles. The van der Waals surface area contributed by atoms with Gasteiger partial charge in [-0.3, -0.25) is 9.78 Å². The summed E-state index contributed by atoms with van der Waals surface area (Å²) in [6, 6.07) is 4.69. The SMILES string of the molecule is Cc1cncc(NC(=O)c2ccc(C(=O)O)s2)c1. The van der Waals surface area contributed by atoms with Gasteiger partial charge in [0, 0.05) is 6.20 Å². The molecule has 0 bridgehead atoms. The molecule has 2 heterocycles. The Morgan fingerprint density at radius 2 is 2.00 bits per heavy atom. The fraction of sp³-hybridized carbons (Fsp3) is 0.0833. The van der Waals surface area contributed by atoms with Crippen LogP contribution in [0, 0.1) is 6.92 Å². The number of carboxylic acids is 1. The van der Waals surface area contributed by atoms with Gasteiger partial charge in [-0.25, -0.2) is 4.79 Å². The second-order valence-electron chi connectivity index (χ2n) is 3.67. The molecule has 0 aliphatic heterocycles. The number of carbonyl (C=O) groups is 2. The molecule has 2 aromatic heterocycles. The number of hydrogen-bond acceptors (Lipinski definition) is 4. The molecule has 0 aromatic carbocycles. The van der Waals surface area contributed by atoms with Gasteiger partial charge in [0.15, 0.2) is 0 Å². The third-order valence-electron chi connectivity index (χ3n) is 2.17. The Hall–Kier alpha value is -2.21. The molecule has 0 saturated heterocycles. The van der Waals surface area contributed by atoms with E-state index in [4.69, 9.17) is 5.11 Å². The Kier molecular flexibility index (Phi) is 3.38. The van der Waals surface area contributed by atoms with Gasteiger partial charge in [-0.05, 0) is 30.7 Å². The molecule has 0 spiro atoms. The molecule has 6 heteroatoms. The predicted octanol–water partition coefficient (Wildman–Crippen LogP) is 2.40. The van der Waals surface area contributed by atoms with E-state index < -0.39 is 5.97 Å². The number of anilines is 1. The predicted molar refractivity (Wildman–Crippen MR) is 68.2 cm³/mol. The minimum absolute atomic E-state index is 0.141. The van der Waals surface area contributed by atoms with Crippen molar-refractivity contribution in [2.24, 2.45) is 0 Å². The van der Waals surface area contributed by atoms with Crippen LogP contribution in [0.3, 0.4) is 0 Å². The molecule has 0 atom stereocenters. The molecule has 2 aromatic rings. The summed E-state index contributed by atoms with van der Waals surface area (Å²) in [5.74, 6) is -1.36. The number of thiophene rings is 1. The Labute approximate surface area is 107 Å². The molecule has 0 radical (unpaired) electrons. The van der Waals surface area contributed by atoms with E-state index in [0.717, 1.165) is 16.9 Å². The lowest BCUT2D eigenvalue weighted by atomic mass is 10.3. The molecule has 92 valence electrons. The maximum absolute atomic E-state index is 11.8. The summed E-state index contributed by atoms with van der Waals surface area (Å²) in [6.45, 7) is 1.87. The molecule has 5 nitrogen and oxygen atoms in total. The van der Waals surface area contributed by atoms with Crippen LogP contribution in [0.2, 0.25) is 0 Å². The van der Waals surface area contributed by atoms with Crippen molar-refractivity contribution in [1.82, 2.24) is 4.98 Å². The highest BCUT2D eigenvalue weighted by Gasteiger charge is 2.13. The lowest BCUT2D eigenvalue weighted by molar-refractivity contribution is 0.0702. The highest BCUT2D eigenvalue weighted by atomic mass is 32.1. The third-order valence-corrected chi connectivity index (χ3v) is 3.25. The number of aryl methyl sites for hydroxylation is 1. The number of pyridine rings is 1. The van der Waals surface area contributed by atoms with Gasteiger partial charge >= 0.3 is 5.97 Å². The van der Waals surface area contributed by atoms with E-state index in [0.29, 0.717) is 10.6 Å². The van der Waals surface area contributed by atoms with Gasteiger partial charge in [0.25, 0.3) is 5.91 Å². The average molecular weight is 262 g/mol. The summed E-state index contributed by atoms with van der Waals surface area (Å²) in [5, 5.41) is 11.4. The minimum atomic E-state index is -1.03. The van der Waals surface area contributed by atoms with Crippen molar-refractivity contribution in [3.05, 3.63) is 45.9 Å². The van der Waals surface area contributed by atoms with Crippen LogP contribution in [0.5, 0.6) is 0 Å². The van der Waals surface area contributed by atoms with Crippen molar-refractivity contribution in [3.8, 4) is 0 Å². The van der Waals surface area contributed by atoms with E-state index in [1.54, 1.807) is 12.3 Å². The first kappa shape index (κ1) is 12.3. The van der Waals surface area contributed by atoms with E-state index in [-0.39, 0.29) is 10.8 Å². The van der Waals surface area contributed by atoms with Crippen molar-refractivity contribution in [2.45, 2.75) is 6.92 Å². The molecule has 2 rings (SSSR count). The fourth-order valence-electron chi connectivity index (χ4n) is 1.39. The zero-order valence-corrected chi connectivity index (χ0v) is 10.3. The van der Waals surface area contributed by atoms with Gasteiger partial charge in [-0.2, -0.15) is 0 Å². The maximum Gasteiger partial charge on any atom is 0.345 e. The number of nitrogens with one attached hydrogen (secondary N) is 1. The van der Waals surface area contributed by atoms with Gasteiger partial charge < -0.3 is 10.4 Å². The van der Waals surface area contributed by atoms with Gasteiger partial charge in [0.2, 0.25) is 0 Å². The van der Waals surface area contributed by atoms with Crippen molar-refractivity contribution < 1.29 is 14.7 Å². The third kappa shape index (κ3) is 2.72. The lowest BCUT2D eigenvalue weighted by Gasteiger charge is -2.03. The van der Waals surface area contributed by atoms with Crippen LogP contribution in [-0.4, -0.2) is 22.0 Å². The van der Waals surface area contributed by atoms with Gasteiger partial charge in [-0.1, -0.05) is 0 Å². The van der Waals surface area contributed by atoms with E-state index in [1.165, 1.54) is 18.3 Å². The second kappa shape index (κ2) is 4.97. The van der Waals surface area contributed by atoms with E-state index in [2.05, 4.69) is 10.3 Å². The Morgan fingerprint density at radius 1 is 1.28 bits per heavy atom. The molecule has 0 fully saturated rings. The van der Waals surface area contributed by atoms with Crippen molar-refractivity contribution >= 4 is 28.9 Å². The number of aromatic nitrogens is 1. The fourth-order valence-corrected chi connectivity index (χ4v) is 2.13. The van der Waals surface area contributed by atoms with Crippen LogP contribution in [0.4, 0.5) is 5.69 Å². The van der Waals surface area contributed by atoms with Crippen LogP contribution >= 0.6 is 11.3 Å². The Bertz CT molecular complexity index is 607.